The lowest BCUT2D eigenvalue weighted by atomic mass is 10.1. The van der Waals surface area contributed by atoms with Crippen molar-refractivity contribution in [3.8, 4) is 0 Å². The Morgan fingerprint density at radius 1 is 1.20 bits per heavy atom. The van der Waals surface area contributed by atoms with Crippen molar-refractivity contribution < 1.29 is 9.50 Å². The van der Waals surface area contributed by atoms with Gasteiger partial charge in [0.25, 0.3) is 0 Å². The second-order valence-corrected chi connectivity index (χ2v) is 7.25. The van der Waals surface area contributed by atoms with Gasteiger partial charge in [0.2, 0.25) is 0 Å². The van der Waals surface area contributed by atoms with E-state index < -0.39 is 5.82 Å². The number of fused-ring (bicyclic) bond motifs is 1. The van der Waals surface area contributed by atoms with Crippen molar-refractivity contribution in [1.29, 1.82) is 0 Å². The van der Waals surface area contributed by atoms with Gasteiger partial charge in [-0.25, -0.2) is 4.39 Å². The number of pyridine rings is 1. The number of β-amino-alcohol motifs (C(OH)–C–C–N with tert-alkyl or cyclic N) is 1. The molecule has 1 aromatic carbocycles. The Hall–Kier alpha value is -1.76. The largest absolute Gasteiger partial charge is 0.390 e. The fourth-order valence-corrected chi connectivity index (χ4v) is 4.20. The van der Waals surface area contributed by atoms with Crippen LogP contribution in [0.25, 0.3) is 10.9 Å². The molecule has 0 aliphatic carbocycles. The standard InChI is InChI=1S/C19H24FN3O2/c20-15-6-4-5-14-17(24)9-13(21-19(14)15)10-22-11-16(18(25)12-22)23-7-2-1-3-8-23/h4-6,9,16,18,25H,1-3,7-8,10-12H2,(H,21,24)/t16-,18-/m0/s1. The average molecular weight is 345 g/mol. The zero-order valence-corrected chi connectivity index (χ0v) is 14.2. The number of rotatable bonds is 3. The summed E-state index contributed by atoms with van der Waals surface area (Å²) in [6.07, 6.45) is 3.29. The maximum absolute atomic E-state index is 14.0. The molecular weight excluding hydrogens is 321 g/mol. The first-order chi connectivity index (χ1) is 12.1. The van der Waals surface area contributed by atoms with Crippen molar-refractivity contribution in [3.05, 3.63) is 46.0 Å². The zero-order chi connectivity index (χ0) is 17.4. The van der Waals surface area contributed by atoms with E-state index in [9.17, 15) is 14.3 Å². The third kappa shape index (κ3) is 3.34. The normalized spacial score (nSPS) is 25.7. The number of para-hydroxylation sites is 1. The van der Waals surface area contributed by atoms with Crippen molar-refractivity contribution in [2.75, 3.05) is 26.2 Å². The van der Waals surface area contributed by atoms with Crippen LogP contribution in [0.1, 0.15) is 25.0 Å². The molecule has 2 atom stereocenters. The van der Waals surface area contributed by atoms with Gasteiger partial charge in [-0.15, -0.1) is 0 Å². The Bertz CT molecular complexity index is 816. The smallest absolute Gasteiger partial charge is 0.189 e. The molecule has 0 spiro atoms. The highest BCUT2D eigenvalue weighted by molar-refractivity contribution is 5.78. The third-order valence-corrected chi connectivity index (χ3v) is 5.46. The van der Waals surface area contributed by atoms with Crippen LogP contribution in [0.15, 0.2) is 29.1 Å². The first-order valence-electron chi connectivity index (χ1n) is 9.07. The maximum Gasteiger partial charge on any atom is 0.189 e. The number of aromatic nitrogens is 1. The van der Waals surface area contributed by atoms with E-state index >= 15 is 0 Å². The predicted molar refractivity (Wildman–Crippen MR) is 95.0 cm³/mol. The molecule has 134 valence electrons. The number of aromatic amines is 1. The highest BCUT2D eigenvalue weighted by Crippen LogP contribution is 2.22. The minimum atomic E-state index is -0.413. The predicted octanol–water partition coefficient (Wildman–Crippen LogP) is 1.70. The molecule has 0 bridgehead atoms. The molecule has 2 fully saturated rings. The van der Waals surface area contributed by atoms with Gasteiger partial charge in [0, 0.05) is 42.8 Å². The van der Waals surface area contributed by atoms with Crippen LogP contribution in [-0.4, -0.2) is 58.2 Å². The second kappa shape index (κ2) is 6.86. The van der Waals surface area contributed by atoms with Gasteiger partial charge in [0.1, 0.15) is 5.82 Å². The summed E-state index contributed by atoms with van der Waals surface area (Å²) in [4.78, 5) is 19.8. The molecule has 3 heterocycles. The second-order valence-electron chi connectivity index (χ2n) is 7.25. The average Bonchev–Trinajstić information content (AvgIpc) is 2.97. The SMILES string of the molecule is O=c1cc(CN2C[C@H](O)[C@@H](N3CCCCC3)C2)[nH]c2c(F)cccc12. The summed E-state index contributed by atoms with van der Waals surface area (Å²) in [6, 6.07) is 6.24. The third-order valence-electron chi connectivity index (χ3n) is 5.46. The van der Waals surface area contributed by atoms with Gasteiger partial charge in [0.15, 0.2) is 5.43 Å². The lowest BCUT2D eigenvalue weighted by molar-refractivity contribution is 0.0706. The van der Waals surface area contributed by atoms with Gasteiger partial charge in [-0.05, 0) is 38.1 Å². The van der Waals surface area contributed by atoms with Crippen molar-refractivity contribution in [2.24, 2.45) is 0 Å². The van der Waals surface area contributed by atoms with E-state index in [1.54, 1.807) is 18.2 Å². The summed E-state index contributed by atoms with van der Waals surface area (Å²) >= 11 is 0. The molecule has 2 aliphatic rings. The summed E-state index contributed by atoms with van der Waals surface area (Å²) in [6.45, 7) is 3.97. The molecule has 0 radical (unpaired) electrons. The summed E-state index contributed by atoms with van der Waals surface area (Å²) in [5.74, 6) is -0.413. The minimum absolute atomic E-state index is 0.157. The van der Waals surface area contributed by atoms with Crippen molar-refractivity contribution in [3.63, 3.8) is 0 Å². The number of aliphatic hydroxyl groups excluding tert-OH is 1. The molecule has 1 aromatic heterocycles. The molecule has 5 nitrogen and oxygen atoms in total. The van der Waals surface area contributed by atoms with E-state index in [1.165, 1.54) is 25.3 Å². The summed E-state index contributed by atoms with van der Waals surface area (Å²) in [5, 5.41) is 10.8. The van der Waals surface area contributed by atoms with Crippen molar-refractivity contribution in [1.82, 2.24) is 14.8 Å². The van der Waals surface area contributed by atoms with Crippen molar-refractivity contribution in [2.45, 2.75) is 38.0 Å². The first kappa shape index (κ1) is 16.7. The Morgan fingerprint density at radius 3 is 2.80 bits per heavy atom. The van der Waals surface area contributed by atoms with Crippen LogP contribution in [0.2, 0.25) is 0 Å². The topological polar surface area (TPSA) is 59.6 Å². The van der Waals surface area contributed by atoms with Gasteiger partial charge in [-0.3, -0.25) is 14.6 Å². The molecule has 2 saturated heterocycles. The minimum Gasteiger partial charge on any atom is -0.390 e. The van der Waals surface area contributed by atoms with Crippen LogP contribution in [0.4, 0.5) is 4.39 Å². The zero-order valence-electron chi connectivity index (χ0n) is 14.2. The van der Waals surface area contributed by atoms with Crippen LogP contribution in [0.3, 0.4) is 0 Å². The molecule has 2 aromatic rings. The van der Waals surface area contributed by atoms with Crippen LogP contribution in [0, 0.1) is 5.82 Å². The number of nitrogens with one attached hydrogen (secondary N) is 1. The molecule has 2 N–H and O–H groups in total. The molecular formula is C19H24FN3O2. The Labute approximate surface area is 146 Å². The number of nitrogens with zero attached hydrogens (tertiary/aromatic N) is 2. The first-order valence-corrected chi connectivity index (χ1v) is 9.07. The van der Waals surface area contributed by atoms with Gasteiger partial charge >= 0.3 is 0 Å². The number of benzene rings is 1. The quantitative estimate of drug-likeness (QED) is 0.889. The van der Waals surface area contributed by atoms with E-state index in [1.807, 2.05) is 0 Å². The maximum atomic E-state index is 14.0. The number of aliphatic hydroxyl groups is 1. The van der Waals surface area contributed by atoms with E-state index in [4.69, 9.17) is 0 Å². The lowest BCUT2D eigenvalue weighted by Gasteiger charge is -2.33. The highest BCUT2D eigenvalue weighted by Gasteiger charge is 2.35. The van der Waals surface area contributed by atoms with E-state index in [2.05, 4.69) is 14.8 Å². The Morgan fingerprint density at radius 2 is 2.00 bits per heavy atom. The molecule has 0 saturated carbocycles. The van der Waals surface area contributed by atoms with Gasteiger partial charge in [0.05, 0.1) is 11.6 Å². The fourth-order valence-electron chi connectivity index (χ4n) is 4.20. The number of hydrogen-bond acceptors (Lipinski definition) is 4. The Balaban J connectivity index is 1.52. The number of likely N-dealkylation sites (tertiary alicyclic amines) is 2. The van der Waals surface area contributed by atoms with E-state index in [0.717, 1.165) is 19.6 Å². The van der Waals surface area contributed by atoms with Gasteiger partial charge in [-0.2, -0.15) is 0 Å². The number of hydrogen-bond donors (Lipinski definition) is 2. The highest BCUT2D eigenvalue weighted by atomic mass is 19.1. The fraction of sp³-hybridized carbons (Fsp3) is 0.526. The van der Waals surface area contributed by atoms with Crippen molar-refractivity contribution >= 4 is 10.9 Å². The molecule has 0 unspecified atom stereocenters. The monoisotopic (exact) mass is 345 g/mol. The lowest BCUT2D eigenvalue weighted by Crippen LogP contribution is -2.45. The van der Waals surface area contributed by atoms with Crippen LogP contribution >= 0.6 is 0 Å². The molecule has 0 amide bonds. The molecule has 2 aliphatic heterocycles. The number of piperidine rings is 1. The number of halogens is 1. The summed E-state index contributed by atoms with van der Waals surface area (Å²) in [7, 11) is 0. The molecule has 25 heavy (non-hydrogen) atoms. The number of H-pyrrole nitrogens is 1. The van der Waals surface area contributed by atoms with Gasteiger partial charge < -0.3 is 10.1 Å². The van der Waals surface area contributed by atoms with Crippen LogP contribution in [0.5, 0.6) is 0 Å². The van der Waals surface area contributed by atoms with E-state index in [0.29, 0.717) is 24.2 Å². The van der Waals surface area contributed by atoms with E-state index in [-0.39, 0.29) is 23.1 Å². The van der Waals surface area contributed by atoms with Crippen LogP contribution < -0.4 is 5.43 Å². The van der Waals surface area contributed by atoms with Gasteiger partial charge in [-0.1, -0.05) is 12.5 Å². The molecule has 4 rings (SSSR count). The van der Waals surface area contributed by atoms with Crippen LogP contribution in [-0.2, 0) is 6.54 Å². The molecule has 6 heteroatoms. The summed E-state index contributed by atoms with van der Waals surface area (Å²) in [5.41, 5.74) is 0.780. The Kier molecular flexibility index (Phi) is 4.58. The summed E-state index contributed by atoms with van der Waals surface area (Å²) < 4.78 is 14.0.